The second kappa shape index (κ2) is 10.0. The predicted molar refractivity (Wildman–Crippen MR) is 150 cm³/mol. The predicted octanol–water partition coefficient (Wildman–Crippen LogP) is 4.90. The molecule has 0 amide bonds. The minimum atomic E-state index is -3.12. The summed E-state index contributed by atoms with van der Waals surface area (Å²) >= 11 is 0. The standard InChI is InChI=1S/C28H50F2O8Si2/c1-25(2,3)39(9,10)37-16-13-15(31)21-19(16)23(29)28(34-8,36-21)27(30,24(32)33-7)20-17(14-18-22(20)35-18)38-40(11,12)26(4,5)6/h15-23,31H,13-14H2,1-12H3. The quantitative estimate of drug-likeness (QED) is 0.236. The second-order valence-corrected chi connectivity index (χ2v) is 24.7. The highest BCUT2D eigenvalue weighted by Crippen LogP contribution is 2.61. The number of carbonyl (C=O) groups excluding carboxylic acids is 1. The normalized spacial score (nSPS) is 41.4. The maximum absolute atomic E-state index is 18.0. The molecule has 0 aromatic rings. The van der Waals surface area contributed by atoms with Crippen LogP contribution in [0.15, 0.2) is 0 Å². The molecule has 11 atom stereocenters. The van der Waals surface area contributed by atoms with Crippen LogP contribution in [0, 0.1) is 11.8 Å². The number of esters is 1. The smallest absolute Gasteiger partial charge is 0.350 e. The summed E-state index contributed by atoms with van der Waals surface area (Å²) in [7, 11) is -2.64. The van der Waals surface area contributed by atoms with Crippen LogP contribution in [0.3, 0.4) is 0 Å². The maximum Gasteiger partial charge on any atom is 0.350 e. The number of alkyl halides is 2. The minimum absolute atomic E-state index is 0.147. The Morgan fingerprint density at radius 2 is 1.45 bits per heavy atom. The van der Waals surface area contributed by atoms with Gasteiger partial charge in [-0.2, -0.15) is 0 Å². The molecule has 2 saturated carbocycles. The van der Waals surface area contributed by atoms with Crippen molar-refractivity contribution in [3.8, 4) is 0 Å². The van der Waals surface area contributed by atoms with Crippen LogP contribution in [0.2, 0.25) is 36.3 Å². The molecule has 0 bridgehead atoms. The van der Waals surface area contributed by atoms with E-state index in [0.29, 0.717) is 6.42 Å². The first-order valence-corrected chi connectivity index (χ1v) is 20.2. The molecule has 0 aromatic carbocycles. The molecule has 8 nitrogen and oxygen atoms in total. The Balaban J connectivity index is 1.76. The Kier molecular flexibility index (Phi) is 8.14. The van der Waals surface area contributed by atoms with Gasteiger partial charge in [0.2, 0.25) is 5.79 Å². The van der Waals surface area contributed by atoms with Crippen molar-refractivity contribution in [2.75, 3.05) is 14.2 Å². The number of carbonyl (C=O) groups is 1. The number of halogens is 2. The molecule has 4 fully saturated rings. The lowest BCUT2D eigenvalue weighted by atomic mass is 9.75. The second-order valence-electron chi connectivity index (χ2n) is 15.2. The first kappa shape index (κ1) is 32.4. The molecule has 1 N–H and O–H groups in total. The highest BCUT2D eigenvalue weighted by atomic mass is 28.4. The fraction of sp³-hybridized carbons (Fsp3) is 0.964. The largest absolute Gasteiger partial charge is 0.466 e. The molecule has 2 heterocycles. The van der Waals surface area contributed by atoms with Crippen LogP contribution in [0.4, 0.5) is 8.78 Å². The molecule has 2 aliphatic carbocycles. The van der Waals surface area contributed by atoms with E-state index < -0.39 is 82.6 Å². The van der Waals surface area contributed by atoms with E-state index in [1.165, 1.54) is 0 Å². The first-order chi connectivity index (χ1) is 18.1. The van der Waals surface area contributed by atoms with Crippen molar-refractivity contribution in [1.29, 1.82) is 0 Å². The number of hydrogen-bond donors (Lipinski definition) is 1. The van der Waals surface area contributed by atoms with Gasteiger partial charge in [0, 0.05) is 25.9 Å². The lowest BCUT2D eigenvalue weighted by Gasteiger charge is -2.47. The Bertz CT molecular complexity index is 984. The lowest BCUT2D eigenvalue weighted by Crippen LogP contribution is -2.69. The molecule has 0 aromatic heterocycles. The molecule has 4 aliphatic rings. The molecule has 12 heteroatoms. The van der Waals surface area contributed by atoms with Crippen LogP contribution < -0.4 is 0 Å². The molecular weight excluding hydrogens is 558 g/mol. The van der Waals surface area contributed by atoms with Crippen molar-refractivity contribution in [2.24, 2.45) is 11.8 Å². The average molecular weight is 609 g/mol. The summed E-state index contributed by atoms with van der Waals surface area (Å²) in [5.74, 6) is -6.26. The van der Waals surface area contributed by atoms with Gasteiger partial charge in [-0.1, -0.05) is 41.5 Å². The van der Waals surface area contributed by atoms with Crippen molar-refractivity contribution < 1.29 is 46.5 Å². The van der Waals surface area contributed by atoms with Crippen LogP contribution in [0.25, 0.3) is 0 Å². The van der Waals surface area contributed by atoms with E-state index in [-0.39, 0.29) is 22.6 Å². The summed E-state index contributed by atoms with van der Waals surface area (Å²) in [5, 5.41) is 10.6. The maximum atomic E-state index is 18.0. The number of aliphatic hydroxyl groups excluding tert-OH is 1. The molecule has 0 radical (unpaired) electrons. The summed E-state index contributed by atoms with van der Waals surface area (Å²) in [5.41, 5.74) is -3.12. The van der Waals surface area contributed by atoms with Gasteiger partial charge in [0.1, 0.15) is 0 Å². The molecule has 4 rings (SSSR count). The number of fused-ring (bicyclic) bond motifs is 2. The monoisotopic (exact) mass is 608 g/mol. The zero-order valence-corrected chi connectivity index (χ0v) is 28.2. The van der Waals surface area contributed by atoms with Gasteiger partial charge < -0.3 is 32.9 Å². The van der Waals surface area contributed by atoms with Gasteiger partial charge in [0.15, 0.2) is 22.8 Å². The number of ether oxygens (including phenoxy) is 4. The molecule has 2 aliphatic heterocycles. The fourth-order valence-electron chi connectivity index (χ4n) is 6.38. The van der Waals surface area contributed by atoms with Crippen molar-refractivity contribution in [1.82, 2.24) is 0 Å². The van der Waals surface area contributed by atoms with Crippen molar-refractivity contribution in [3.63, 3.8) is 0 Å². The molecule has 232 valence electrons. The number of rotatable bonds is 8. The van der Waals surface area contributed by atoms with Crippen LogP contribution >= 0.6 is 0 Å². The van der Waals surface area contributed by atoms with Gasteiger partial charge in [-0.15, -0.1) is 0 Å². The van der Waals surface area contributed by atoms with Gasteiger partial charge in [-0.25, -0.2) is 13.6 Å². The Hall–Kier alpha value is -0.476. The Labute approximate surface area is 240 Å². The van der Waals surface area contributed by atoms with E-state index in [0.717, 1.165) is 14.2 Å². The topological polar surface area (TPSA) is 96.0 Å². The summed E-state index contributed by atoms with van der Waals surface area (Å²) in [4.78, 5) is 13.5. The van der Waals surface area contributed by atoms with E-state index in [1.54, 1.807) is 0 Å². The van der Waals surface area contributed by atoms with Crippen molar-refractivity contribution >= 4 is 22.6 Å². The third kappa shape index (κ3) is 4.76. The SMILES string of the molecule is COC(=O)C(F)(C1C(O[Si](C)(C)C(C)(C)C)CC2OC21)C1(OC)OC2C(O)CC(O[Si](C)(C)C(C)(C)C)C2C1F. The molecule has 2 saturated heterocycles. The number of aliphatic hydroxyl groups is 1. The van der Waals surface area contributed by atoms with E-state index in [9.17, 15) is 9.90 Å². The van der Waals surface area contributed by atoms with Gasteiger partial charge in [0.05, 0.1) is 49.7 Å². The summed E-state index contributed by atoms with van der Waals surface area (Å²) in [6.45, 7) is 20.6. The van der Waals surface area contributed by atoms with Crippen LogP contribution in [0.5, 0.6) is 0 Å². The highest BCUT2D eigenvalue weighted by Gasteiger charge is 2.81. The van der Waals surface area contributed by atoms with Gasteiger partial charge in [-0.05, 0) is 36.3 Å². The van der Waals surface area contributed by atoms with Crippen molar-refractivity contribution in [2.45, 2.75) is 145 Å². The fourth-order valence-corrected chi connectivity index (χ4v) is 9.09. The average Bonchev–Trinajstić information content (AvgIpc) is 3.21. The zero-order chi connectivity index (χ0) is 30.4. The molecular formula is C28H50F2O8Si2. The van der Waals surface area contributed by atoms with Crippen LogP contribution in [-0.2, 0) is 32.6 Å². The summed E-state index contributed by atoms with van der Waals surface area (Å²) in [6, 6.07) is 0. The van der Waals surface area contributed by atoms with Gasteiger partial charge in [0.25, 0.3) is 5.67 Å². The lowest BCUT2D eigenvalue weighted by molar-refractivity contribution is -0.318. The molecule has 11 unspecified atom stereocenters. The molecule has 40 heavy (non-hydrogen) atoms. The summed E-state index contributed by atoms with van der Waals surface area (Å²) in [6.07, 6.45) is -6.32. The number of epoxide rings is 1. The molecule has 0 spiro atoms. The minimum Gasteiger partial charge on any atom is -0.466 e. The van der Waals surface area contributed by atoms with Gasteiger partial charge >= 0.3 is 5.97 Å². The number of methoxy groups -OCH3 is 2. The van der Waals surface area contributed by atoms with E-state index in [1.807, 2.05) is 26.2 Å². The van der Waals surface area contributed by atoms with E-state index in [4.69, 9.17) is 27.8 Å². The van der Waals surface area contributed by atoms with Crippen molar-refractivity contribution in [3.05, 3.63) is 0 Å². The third-order valence-electron chi connectivity index (χ3n) is 10.8. The van der Waals surface area contributed by atoms with E-state index >= 15 is 8.78 Å². The summed E-state index contributed by atoms with van der Waals surface area (Å²) < 4.78 is 70.6. The first-order valence-electron chi connectivity index (χ1n) is 14.4. The highest BCUT2D eigenvalue weighted by molar-refractivity contribution is 6.74. The third-order valence-corrected chi connectivity index (χ3v) is 19.8. The zero-order valence-electron chi connectivity index (χ0n) is 26.2. The number of hydrogen-bond acceptors (Lipinski definition) is 8. The van der Waals surface area contributed by atoms with Gasteiger partial charge in [-0.3, -0.25) is 0 Å². The van der Waals surface area contributed by atoms with E-state index in [2.05, 4.69) is 41.5 Å². The Morgan fingerprint density at radius 3 is 1.93 bits per heavy atom. The Morgan fingerprint density at radius 1 is 0.925 bits per heavy atom. The van der Waals surface area contributed by atoms with Crippen LogP contribution in [-0.4, -0.2) is 96.2 Å². The van der Waals surface area contributed by atoms with Crippen LogP contribution in [0.1, 0.15) is 54.4 Å².